The van der Waals surface area contributed by atoms with E-state index in [1.807, 2.05) is 0 Å². The molecule has 0 aliphatic carbocycles. The van der Waals surface area contributed by atoms with Gasteiger partial charge >= 0.3 is 0 Å². The second-order valence-electron chi connectivity index (χ2n) is 6.22. The fourth-order valence-corrected chi connectivity index (χ4v) is 3.80. The summed E-state index contributed by atoms with van der Waals surface area (Å²) in [4.78, 5) is 40.4. The van der Waals surface area contributed by atoms with Gasteiger partial charge in [0.25, 0.3) is 5.91 Å². The minimum atomic E-state index is -0.692. The first-order chi connectivity index (χ1) is 11.1. The highest BCUT2D eigenvalue weighted by atomic mass is 16.3. The molecule has 1 aromatic heterocycles. The van der Waals surface area contributed by atoms with Crippen molar-refractivity contribution in [2.24, 2.45) is 0 Å². The van der Waals surface area contributed by atoms with Crippen molar-refractivity contribution < 1.29 is 23.9 Å². The summed E-state index contributed by atoms with van der Waals surface area (Å²) >= 11 is 0. The van der Waals surface area contributed by atoms with Crippen molar-refractivity contribution in [2.45, 2.75) is 37.1 Å². The van der Waals surface area contributed by atoms with E-state index in [1.165, 1.54) is 16.1 Å². The first-order valence-corrected chi connectivity index (χ1v) is 7.69. The number of rotatable bonds is 2. The second-order valence-corrected chi connectivity index (χ2v) is 6.22. The molecule has 4 atom stereocenters. The average Bonchev–Trinajstić information content (AvgIpc) is 3.23. The molecule has 3 aliphatic rings. The fourth-order valence-electron chi connectivity index (χ4n) is 3.80. The smallest absolute Gasteiger partial charge is 0.287 e. The van der Waals surface area contributed by atoms with Crippen LogP contribution in [-0.4, -0.2) is 69.9 Å². The van der Waals surface area contributed by atoms with E-state index in [2.05, 4.69) is 5.32 Å². The molecule has 3 saturated heterocycles. The highest BCUT2D eigenvalue weighted by Gasteiger charge is 2.55. The maximum Gasteiger partial charge on any atom is 0.287 e. The van der Waals surface area contributed by atoms with Crippen molar-refractivity contribution in [1.29, 1.82) is 0 Å². The molecule has 0 unspecified atom stereocenters. The van der Waals surface area contributed by atoms with Crippen LogP contribution in [0.5, 0.6) is 0 Å². The number of carbonyl (C=O) groups is 3. The summed E-state index contributed by atoms with van der Waals surface area (Å²) in [5, 5.41) is 12.5. The predicted molar refractivity (Wildman–Crippen MR) is 76.2 cm³/mol. The average molecular weight is 319 g/mol. The van der Waals surface area contributed by atoms with Gasteiger partial charge in [-0.25, -0.2) is 0 Å². The molecule has 3 fully saturated rings. The maximum absolute atomic E-state index is 12.7. The minimum absolute atomic E-state index is 0.138. The van der Waals surface area contributed by atoms with Crippen LogP contribution in [0.4, 0.5) is 0 Å². The van der Waals surface area contributed by atoms with Gasteiger partial charge in [0.05, 0.1) is 18.4 Å². The molecule has 0 saturated carbocycles. The molecule has 1 aromatic rings. The standard InChI is InChI=1S/C15H17N3O5/c19-8-6-10-14(21)17-4-3-9(12(17)15(22)18(10)7-8)16-13(20)11-2-1-5-23-11/h1-2,5,8-10,12,19H,3-4,6-7H2,(H,16,20)/t8-,9+,10+,12+/m1/s1. The fraction of sp³-hybridized carbons (Fsp3) is 0.533. The Morgan fingerprint density at radius 1 is 1.30 bits per heavy atom. The number of hydrogen-bond donors (Lipinski definition) is 2. The summed E-state index contributed by atoms with van der Waals surface area (Å²) in [6, 6.07) is 1.46. The van der Waals surface area contributed by atoms with E-state index >= 15 is 0 Å². The molecule has 0 bridgehead atoms. The molecule has 0 spiro atoms. The van der Waals surface area contributed by atoms with Gasteiger partial charge in [-0.15, -0.1) is 0 Å². The van der Waals surface area contributed by atoms with Gasteiger partial charge in [0.1, 0.15) is 12.1 Å². The third kappa shape index (κ3) is 2.13. The van der Waals surface area contributed by atoms with Gasteiger partial charge in [-0.3, -0.25) is 14.4 Å². The van der Waals surface area contributed by atoms with E-state index < -0.39 is 30.1 Å². The number of amides is 3. The molecule has 23 heavy (non-hydrogen) atoms. The Morgan fingerprint density at radius 3 is 2.87 bits per heavy atom. The number of piperazine rings is 1. The van der Waals surface area contributed by atoms with Crippen molar-refractivity contribution in [2.75, 3.05) is 13.1 Å². The summed E-state index contributed by atoms with van der Waals surface area (Å²) in [7, 11) is 0. The van der Waals surface area contributed by atoms with Gasteiger partial charge in [-0.2, -0.15) is 0 Å². The van der Waals surface area contributed by atoms with Gasteiger partial charge in [-0.1, -0.05) is 0 Å². The predicted octanol–water partition coefficient (Wildman–Crippen LogP) is -1.05. The lowest BCUT2D eigenvalue weighted by Crippen LogP contribution is -2.64. The van der Waals surface area contributed by atoms with E-state index in [0.717, 1.165) is 0 Å². The SMILES string of the molecule is O=C(N[C@H]1CCN2C(=O)[C@@H]3C[C@@H](O)CN3C(=O)[C@H]12)c1ccco1. The van der Waals surface area contributed by atoms with Crippen molar-refractivity contribution in [3.05, 3.63) is 24.2 Å². The summed E-state index contributed by atoms with van der Waals surface area (Å²) in [6.45, 7) is 0.608. The van der Waals surface area contributed by atoms with E-state index in [-0.39, 0.29) is 30.5 Å². The second kappa shape index (κ2) is 5.09. The maximum atomic E-state index is 12.7. The van der Waals surface area contributed by atoms with Crippen LogP contribution in [0, 0.1) is 0 Å². The Balaban J connectivity index is 1.55. The minimum Gasteiger partial charge on any atom is -0.459 e. The van der Waals surface area contributed by atoms with Crippen LogP contribution < -0.4 is 5.32 Å². The molecule has 4 heterocycles. The molecule has 3 aliphatic heterocycles. The largest absolute Gasteiger partial charge is 0.459 e. The zero-order valence-electron chi connectivity index (χ0n) is 12.3. The summed E-state index contributed by atoms with van der Waals surface area (Å²) < 4.78 is 5.05. The third-order valence-electron chi connectivity index (χ3n) is 4.84. The van der Waals surface area contributed by atoms with Crippen LogP contribution in [0.3, 0.4) is 0 Å². The topological polar surface area (TPSA) is 103 Å². The summed E-state index contributed by atoms with van der Waals surface area (Å²) in [5.74, 6) is -0.563. The van der Waals surface area contributed by atoms with Crippen LogP contribution in [-0.2, 0) is 9.59 Å². The lowest BCUT2D eigenvalue weighted by molar-refractivity contribution is -0.157. The summed E-state index contributed by atoms with van der Waals surface area (Å²) in [5.41, 5.74) is 0. The molecule has 2 N–H and O–H groups in total. The quantitative estimate of drug-likeness (QED) is 0.724. The molecule has 122 valence electrons. The van der Waals surface area contributed by atoms with Crippen LogP contribution in [0.2, 0.25) is 0 Å². The van der Waals surface area contributed by atoms with Gasteiger partial charge in [0.2, 0.25) is 11.8 Å². The normalized spacial score (nSPS) is 32.9. The van der Waals surface area contributed by atoms with E-state index in [9.17, 15) is 19.5 Å². The molecule has 0 aromatic carbocycles. The zero-order valence-corrected chi connectivity index (χ0v) is 12.3. The number of carbonyl (C=O) groups excluding carboxylic acids is 3. The number of nitrogens with one attached hydrogen (secondary N) is 1. The number of nitrogens with zero attached hydrogens (tertiary/aromatic N) is 2. The number of furan rings is 1. The zero-order chi connectivity index (χ0) is 16.1. The lowest BCUT2D eigenvalue weighted by atomic mass is 10.0. The number of hydrogen-bond acceptors (Lipinski definition) is 5. The van der Waals surface area contributed by atoms with Crippen LogP contribution in [0.15, 0.2) is 22.8 Å². The van der Waals surface area contributed by atoms with E-state index in [4.69, 9.17) is 4.42 Å². The van der Waals surface area contributed by atoms with Gasteiger partial charge in [-0.05, 0) is 18.6 Å². The molecular weight excluding hydrogens is 302 g/mol. The van der Waals surface area contributed by atoms with Crippen molar-refractivity contribution in [1.82, 2.24) is 15.1 Å². The van der Waals surface area contributed by atoms with E-state index in [1.54, 1.807) is 12.1 Å². The first-order valence-electron chi connectivity index (χ1n) is 7.69. The van der Waals surface area contributed by atoms with Gasteiger partial charge in [0, 0.05) is 19.5 Å². The molecule has 3 amide bonds. The third-order valence-corrected chi connectivity index (χ3v) is 4.84. The highest BCUT2D eigenvalue weighted by molar-refractivity contribution is 5.99. The van der Waals surface area contributed by atoms with Gasteiger partial charge < -0.3 is 24.6 Å². The Bertz CT molecular complexity index is 658. The summed E-state index contributed by atoms with van der Waals surface area (Å²) in [6.07, 6.45) is 1.56. The number of aliphatic hydroxyl groups excluding tert-OH is 1. The molecular formula is C15H17N3O5. The first kappa shape index (κ1) is 14.3. The van der Waals surface area contributed by atoms with Crippen molar-refractivity contribution in [3.8, 4) is 0 Å². The molecule has 4 rings (SSSR count). The molecule has 0 radical (unpaired) electrons. The van der Waals surface area contributed by atoms with Crippen LogP contribution in [0.25, 0.3) is 0 Å². The van der Waals surface area contributed by atoms with Gasteiger partial charge in [0.15, 0.2) is 5.76 Å². The number of aliphatic hydroxyl groups is 1. The highest BCUT2D eigenvalue weighted by Crippen LogP contribution is 2.32. The Morgan fingerprint density at radius 2 is 2.13 bits per heavy atom. The van der Waals surface area contributed by atoms with Crippen LogP contribution >= 0.6 is 0 Å². The monoisotopic (exact) mass is 319 g/mol. The number of fused-ring (bicyclic) bond motifs is 2. The molecule has 8 heteroatoms. The molecule has 8 nitrogen and oxygen atoms in total. The Labute approximate surface area is 132 Å². The van der Waals surface area contributed by atoms with Crippen molar-refractivity contribution in [3.63, 3.8) is 0 Å². The van der Waals surface area contributed by atoms with Crippen molar-refractivity contribution >= 4 is 17.7 Å². The Kier molecular flexibility index (Phi) is 3.15. The Hall–Kier alpha value is -2.35. The van der Waals surface area contributed by atoms with Crippen LogP contribution in [0.1, 0.15) is 23.4 Å². The lowest BCUT2D eigenvalue weighted by Gasteiger charge is -2.40. The van der Waals surface area contributed by atoms with E-state index in [0.29, 0.717) is 13.0 Å².